The summed E-state index contributed by atoms with van der Waals surface area (Å²) in [5, 5.41) is 5.06. The molecule has 4 aromatic carbocycles. The van der Waals surface area contributed by atoms with Crippen molar-refractivity contribution in [3.63, 3.8) is 0 Å². The fraction of sp³-hybridized carbons (Fsp3) is 0.111. The Morgan fingerprint density at radius 2 is 1.37 bits per heavy atom. The Bertz CT molecular complexity index is 1360. The van der Waals surface area contributed by atoms with Gasteiger partial charge in [-0.05, 0) is 34.0 Å². The van der Waals surface area contributed by atoms with E-state index in [0.717, 1.165) is 22.2 Å². The van der Waals surface area contributed by atoms with E-state index in [1.807, 2.05) is 0 Å². The summed E-state index contributed by atoms with van der Waals surface area (Å²) in [6.45, 7) is 7.12. The van der Waals surface area contributed by atoms with Crippen LogP contribution in [0.25, 0.3) is 44.1 Å². The highest BCUT2D eigenvalue weighted by Crippen LogP contribution is 2.32. The largest absolute Gasteiger partial charge is 0.236 e. The van der Waals surface area contributed by atoms with E-state index in [4.69, 9.17) is 0 Å². The molecule has 5 aromatic rings. The molecule has 0 fully saturated rings. The molecule has 0 N–H and O–H groups in total. The van der Waals surface area contributed by atoms with Crippen LogP contribution in [0, 0.1) is 0 Å². The van der Waals surface area contributed by atoms with Crippen LogP contribution in [0.2, 0.25) is 19.6 Å². The van der Waals surface area contributed by atoms with Gasteiger partial charge in [-0.15, -0.1) is 0 Å². The SMILES string of the molecule is C[Si](C)(C)c1ccc(-c2ncnc3cc(-c4cccc5ccccc45)ccc23)cc1. The van der Waals surface area contributed by atoms with E-state index in [1.165, 1.54) is 27.1 Å². The lowest BCUT2D eigenvalue weighted by atomic mass is 9.96. The minimum Gasteiger partial charge on any atom is -0.236 e. The summed E-state index contributed by atoms with van der Waals surface area (Å²) in [6.07, 6.45) is 1.68. The van der Waals surface area contributed by atoms with E-state index in [1.54, 1.807) is 6.33 Å². The first-order chi connectivity index (χ1) is 14.5. The van der Waals surface area contributed by atoms with Crippen LogP contribution in [0.5, 0.6) is 0 Å². The van der Waals surface area contributed by atoms with Crippen LogP contribution in [-0.2, 0) is 0 Å². The Morgan fingerprint density at radius 1 is 0.633 bits per heavy atom. The fourth-order valence-corrected chi connectivity index (χ4v) is 5.23. The molecule has 1 heterocycles. The van der Waals surface area contributed by atoms with Crippen molar-refractivity contribution in [3.05, 3.63) is 91.3 Å². The van der Waals surface area contributed by atoms with E-state index in [0.29, 0.717) is 0 Å². The maximum absolute atomic E-state index is 4.62. The van der Waals surface area contributed by atoms with Gasteiger partial charge in [-0.2, -0.15) is 0 Å². The molecule has 0 aliphatic rings. The quantitative estimate of drug-likeness (QED) is 0.314. The van der Waals surface area contributed by atoms with Gasteiger partial charge in [0.15, 0.2) is 0 Å². The highest BCUT2D eigenvalue weighted by molar-refractivity contribution is 6.88. The van der Waals surface area contributed by atoms with Gasteiger partial charge in [0.1, 0.15) is 6.33 Å². The summed E-state index contributed by atoms with van der Waals surface area (Å²) in [6, 6.07) is 30.4. The van der Waals surface area contributed by atoms with Gasteiger partial charge in [0, 0.05) is 10.9 Å². The van der Waals surface area contributed by atoms with Crippen LogP contribution in [-0.4, -0.2) is 18.0 Å². The number of nitrogens with zero attached hydrogens (tertiary/aromatic N) is 2. The Hall–Kier alpha value is -3.30. The van der Waals surface area contributed by atoms with Crippen molar-refractivity contribution in [2.45, 2.75) is 19.6 Å². The second kappa shape index (κ2) is 7.19. The molecule has 0 unspecified atom stereocenters. The topological polar surface area (TPSA) is 25.8 Å². The van der Waals surface area contributed by atoms with E-state index in [2.05, 4.69) is 115 Å². The third-order valence-electron chi connectivity index (χ3n) is 5.76. The van der Waals surface area contributed by atoms with Crippen molar-refractivity contribution in [1.29, 1.82) is 0 Å². The van der Waals surface area contributed by atoms with Gasteiger partial charge >= 0.3 is 0 Å². The third kappa shape index (κ3) is 3.31. The molecule has 3 heteroatoms. The van der Waals surface area contributed by atoms with E-state index in [-0.39, 0.29) is 0 Å². The first-order valence-electron chi connectivity index (χ1n) is 10.3. The van der Waals surface area contributed by atoms with Crippen molar-refractivity contribution in [3.8, 4) is 22.4 Å². The zero-order valence-electron chi connectivity index (χ0n) is 17.6. The van der Waals surface area contributed by atoms with Gasteiger partial charge in [-0.1, -0.05) is 97.6 Å². The van der Waals surface area contributed by atoms with Crippen molar-refractivity contribution in [2.24, 2.45) is 0 Å². The standard InChI is InChI=1S/C27H24N2Si/c1-30(2,3)22-14-11-20(12-15-22)27-25-16-13-21(17-26(25)28-18-29-27)24-10-6-8-19-7-4-5-9-23(19)24/h4-18H,1-3H3. The third-order valence-corrected chi connectivity index (χ3v) is 7.83. The zero-order chi connectivity index (χ0) is 20.7. The molecular weight excluding hydrogens is 380 g/mol. The van der Waals surface area contributed by atoms with E-state index >= 15 is 0 Å². The lowest BCUT2D eigenvalue weighted by molar-refractivity contribution is 1.22. The van der Waals surface area contributed by atoms with Crippen molar-refractivity contribution >= 4 is 34.9 Å². The summed E-state index contributed by atoms with van der Waals surface area (Å²) in [7, 11) is -1.31. The molecule has 0 aliphatic heterocycles. The van der Waals surface area contributed by atoms with Crippen LogP contribution in [0.15, 0.2) is 91.3 Å². The van der Waals surface area contributed by atoms with Gasteiger partial charge in [-0.25, -0.2) is 9.97 Å². The summed E-state index contributed by atoms with van der Waals surface area (Å²) in [4.78, 5) is 9.21. The predicted molar refractivity (Wildman–Crippen MR) is 131 cm³/mol. The fourth-order valence-electron chi connectivity index (χ4n) is 4.06. The van der Waals surface area contributed by atoms with Crippen molar-refractivity contribution in [1.82, 2.24) is 9.97 Å². The first kappa shape index (κ1) is 18.7. The maximum Gasteiger partial charge on any atom is 0.116 e. The maximum atomic E-state index is 4.62. The number of benzene rings is 4. The molecule has 2 nitrogen and oxygen atoms in total. The van der Waals surface area contributed by atoms with Crippen molar-refractivity contribution in [2.75, 3.05) is 0 Å². The smallest absolute Gasteiger partial charge is 0.116 e. The van der Waals surface area contributed by atoms with E-state index < -0.39 is 8.07 Å². The summed E-state index contributed by atoms with van der Waals surface area (Å²) in [5.41, 5.74) is 5.52. The highest BCUT2D eigenvalue weighted by Gasteiger charge is 2.16. The number of fused-ring (bicyclic) bond motifs is 2. The Balaban J connectivity index is 1.62. The molecule has 0 amide bonds. The Morgan fingerprint density at radius 3 is 2.17 bits per heavy atom. The highest BCUT2D eigenvalue weighted by atomic mass is 28.3. The van der Waals surface area contributed by atoms with Crippen molar-refractivity contribution < 1.29 is 0 Å². The average molecular weight is 405 g/mol. The average Bonchev–Trinajstić information content (AvgIpc) is 2.77. The molecule has 5 rings (SSSR count). The molecule has 30 heavy (non-hydrogen) atoms. The summed E-state index contributed by atoms with van der Waals surface area (Å²) in [5.74, 6) is 0. The lowest BCUT2D eigenvalue weighted by Crippen LogP contribution is -2.37. The molecule has 0 radical (unpaired) electrons. The van der Waals surface area contributed by atoms with E-state index in [9.17, 15) is 0 Å². The van der Waals surface area contributed by atoms with Gasteiger partial charge in [-0.3, -0.25) is 0 Å². The number of hydrogen-bond donors (Lipinski definition) is 0. The van der Waals surface area contributed by atoms with Crippen LogP contribution < -0.4 is 5.19 Å². The minimum atomic E-state index is -1.31. The Labute approximate surface area is 178 Å². The molecule has 0 atom stereocenters. The Kier molecular flexibility index (Phi) is 4.48. The molecule has 0 aliphatic carbocycles. The van der Waals surface area contributed by atoms with Gasteiger partial charge in [0.25, 0.3) is 0 Å². The molecule has 0 saturated heterocycles. The van der Waals surface area contributed by atoms with Crippen LogP contribution in [0.1, 0.15) is 0 Å². The second-order valence-corrected chi connectivity index (χ2v) is 13.9. The molecule has 1 aromatic heterocycles. The normalized spacial score (nSPS) is 11.8. The minimum absolute atomic E-state index is 0.972. The van der Waals surface area contributed by atoms with Crippen LogP contribution in [0.4, 0.5) is 0 Å². The van der Waals surface area contributed by atoms with Crippen LogP contribution in [0.3, 0.4) is 0 Å². The second-order valence-electron chi connectivity index (χ2n) is 8.81. The molecular formula is C27H24N2Si. The lowest BCUT2D eigenvalue weighted by Gasteiger charge is -2.17. The number of aromatic nitrogens is 2. The molecule has 0 saturated carbocycles. The monoisotopic (exact) mass is 404 g/mol. The molecule has 0 bridgehead atoms. The van der Waals surface area contributed by atoms with Gasteiger partial charge in [0.05, 0.1) is 19.3 Å². The zero-order valence-corrected chi connectivity index (χ0v) is 18.6. The summed E-state index contributed by atoms with van der Waals surface area (Å²) >= 11 is 0. The summed E-state index contributed by atoms with van der Waals surface area (Å²) < 4.78 is 0. The van der Waals surface area contributed by atoms with Crippen LogP contribution >= 0.6 is 0 Å². The van der Waals surface area contributed by atoms with Gasteiger partial charge < -0.3 is 0 Å². The van der Waals surface area contributed by atoms with Gasteiger partial charge in [0.2, 0.25) is 0 Å². The number of hydrogen-bond acceptors (Lipinski definition) is 2. The molecule has 0 spiro atoms. The number of rotatable bonds is 3. The first-order valence-corrected chi connectivity index (χ1v) is 13.8. The predicted octanol–water partition coefficient (Wildman–Crippen LogP) is 6.66. The molecule has 146 valence electrons.